The Hall–Kier alpha value is -0.640. The maximum atomic E-state index is 5.26. The van der Waals surface area contributed by atoms with Gasteiger partial charge in [-0.15, -0.1) is 0 Å². The predicted molar refractivity (Wildman–Crippen MR) is 96.8 cm³/mol. The maximum Gasteiger partial charge on any atom is 0.187 e. The lowest BCUT2D eigenvalue weighted by Crippen LogP contribution is -2.40. The van der Waals surface area contributed by atoms with Gasteiger partial charge < -0.3 is 5.32 Å². The van der Waals surface area contributed by atoms with Crippen molar-refractivity contribution in [2.45, 2.75) is 96.4 Å². The summed E-state index contributed by atoms with van der Waals surface area (Å²) < 4.78 is 0. The van der Waals surface area contributed by atoms with Crippen molar-refractivity contribution >= 4 is 23.5 Å². The van der Waals surface area contributed by atoms with E-state index in [0.717, 1.165) is 6.42 Å². The van der Waals surface area contributed by atoms with Crippen LogP contribution in [0.2, 0.25) is 0 Å². The van der Waals surface area contributed by atoms with Crippen LogP contribution in [0.1, 0.15) is 90.4 Å². The molecule has 1 fully saturated rings. The summed E-state index contributed by atoms with van der Waals surface area (Å²) in [6, 6.07) is 0.553. The molecule has 0 amide bonds. The first-order valence-corrected chi connectivity index (χ1v) is 9.31. The molecule has 0 aromatic heterocycles. The molecule has 1 aliphatic carbocycles. The van der Waals surface area contributed by atoms with Crippen LogP contribution in [0.3, 0.4) is 0 Å². The summed E-state index contributed by atoms with van der Waals surface area (Å²) in [5.41, 5.74) is 2.94. The van der Waals surface area contributed by atoms with Crippen LogP contribution in [-0.4, -0.2) is 17.4 Å². The van der Waals surface area contributed by atoms with Crippen LogP contribution in [-0.2, 0) is 0 Å². The predicted octanol–water partition coefficient (Wildman–Crippen LogP) is 4.91. The number of nitrogens with one attached hydrogen (secondary N) is 2. The second-order valence-electron chi connectivity index (χ2n) is 6.14. The Morgan fingerprint density at radius 2 is 1.71 bits per heavy atom. The van der Waals surface area contributed by atoms with Crippen LogP contribution >= 0.6 is 12.2 Å². The fourth-order valence-electron chi connectivity index (χ4n) is 2.83. The molecule has 0 saturated heterocycles. The van der Waals surface area contributed by atoms with Crippen molar-refractivity contribution in [1.82, 2.24) is 10.7 Å². The van der Waals surface area contributed by atoms with Gasteiger partial charge in [-0.25, -0.2) is 0 Å². The molecule has 0 heterocycles. The van der Waals surface area contributed by atoms with Crippen molar-refractivity contribution in [2.75, 3.05) is 0 Å². The molecule has 4 heteroatoms. The third kappa shape index (κ3) is 10.7. The first kappa shape index (κ1) is 18.4. The van der Waals surface area contributed by atoms with Gasteiger partial charge in [-0.1, -0.05) is 64.7 Å². The van der Waals surface area contributed by atoms with E-state index in [0.29, 0.717) is 11.2 Å². The van der Waals surface area contributed by atoms with Crippen molar-refractivity contribution in [2.24, 2.45) is 5.10 Å². The minimum atomic E-state index is 0.553. The molecule has 21 heavy (non-hydrogen) atoms. The smallest absolute Gasteiger partial charge is 0.187 e. The molecule has 2 N–H and O–H groups in total. The van der Waals surface area contributed by atoms with Crippen LogP contribution in [0.15, 0.2) is 5.10 Å². The zero-order chi connectivity index (χ0) is 15.2. The highest BCUT2D eigenvalue weighted by atomic mass is 32.1. The van der Waals surface area contributed by atoms with Gasteiger partial charge in [0.05, 0.1) is 0 Å². The van der Waals surface area contributed by atoms with E-state index in [2.05, 4.69) is 22.8 Å². The number of thiocarbonyl (C=S) groups is 1. The van der Waals surface area contributed by atoms with Crippen LogP contribution < -0.4 is 10.7 Å². The average Bonchev–Trinajstić information content (AvgIpc) is 2.50. The molecular formula is C17H33N3S. The number of rotatable bonds is 10. The minimum Gasteiger partial charge on any atom is -0.359 e. The maximum absolute atomic E-state index is 5.26. The fourth-order valence-corrected chi connectivity index (χ4v) is 3.05. The highest BCUT2D eigenvalue weighted by molar-refractivity contribution is 7.80. The highest BCUT2D eigenvalue weighted by Gasteiger charge is 2.13. The lowest BCUT2D eigenvalue weighted by atomic mass is 9.96. The number of unbranched alkanes of at least 4 members (excludes halogenated alkanes) is 7. The van der Waals surface area contributed by atoms with Gasteiger partial charge in [-0.2, -0.15) is 5.10 Å². The van der Waals surface area contributed by atoms with E-state index < -0.39 is 0 Å². The Bertz CT molecular complexity index is 286. The van der Waals surface area contributed by atoms with E-state index in [-0.39, 0.29) is 0 Å². The molecule has 0 spiro atoms. The topological polar surface area (TPSA) is 36.4 Å². The van der Waals surface area contributed by atoms with Crippen molar-refractivity contribution < 1.29 is 0 Å². The van der Waals surface area contributed by atoms with Crippen molar-refractivity contribution in [3.63, 3.8) is 0 Å². The van der Waals surface area contributed by atoms with Crippen LogP contribution in [0.5, 0.6) is 0 Å². The molecule has 0 aromatic carbocycles. The molecule has 1 rings (SSSR count). The monoisotopic (exact) mass is 311 g/mol. The third-order valence-corrected chi connectivity index (χ3v) is 4.34. The average molecular weight is 312 g/mol. The van der Waals surface area contributed by atoms with Gasteiger partial charge in [0, 0.05) is 12.3 Å². The van der Waals surface area contributed by atoms with E-state index in [9.17, 15) is 0 Å². The van der Waals surface area contributed by atoms with Crippen LogP contribution in [0.25, 0.3) is 0 Å². The minimum absolute atomic E-state index is 0.553. The number of nitrogens with zero attached hydrogens (tertiary/aromatic N) is 1. The summed E-state index contributed by atoms with van der Waals surface area (Å²) in [5, 5.41) is 8.24. The van der Waals surface area contributed by atoms with E-state index >= 15 is 0 Å². The fraction of sp³-hybridized carbons (Fsp3) is 0.882. The van der Waals surface area contributed by atoms with Crippen LogP contribution in [0.4, 0.5) is 0 Å². The summed E-state index contributed by atoms with van der Waals surface area (Å²) in [4.78, 5) is 0. The van der Waals surface area contributed by atoms with Crippen LogP contribution in [0, 0.1) is 0 Å². The van der Waals surface area contributed by atoms with Gasteiger partial charge in [-0.05, 0) is 37.9 Å². The summed E-state index contributed by atoms with van der Waals surface area (Å²) in [6.45, 7) is 2.26. The Labute approximate surface area is 136 Å². The lowest BCUT2D eigenvalue weighted by Gasteiger charge is -2.23. The molecule has 0 aromatic rings. The summed E-state index contributed by atoms with van der Waals surface area (Å²) in [6.07, 6.45) is 18.9. The van der Waals surface area contributed by atoms with Gasteiger partial charge in [0.1, 0.15) is 0 Å². The Kier molecular flexibility index (Phi) is 11.4. The molecule has 3 nitrogen and oxygen atoms in total. The second kappa shape index (κ2) is 13.1. The van der Waals surface area contributed by atoms with Crippen molar-refractivity contribution in [3.8, 4) is 0 Å². The molecule has 0 aliphatic heterocycles. The summed E-state index contributed by atoms with van der Waals surface area (Å²) in [5.74, 6) is 0. The molecule has 0 unspecified atom stereocenters. The number of hydrogen-bond donors (Lipinski definition) is 2. The van der Waals surface area contributed by atoms with Gasteiger partial charge in [0.25, 0.3) is 0 Å². The highest BCUT2D eigenvalue weighted by Crippen LogP contribution is 2.17. The normalized spacial score (nSPS) is 16.2. The number of hydrogen-bond acceptors (Lipinski definition) is 2. The standard InChI is InChI=1S/C17H33N3S/c1-2-3-4-5-6-7-8-12-15-18-20-17(21)19-16-13-10-9-11-14-16/h15-16H,2-14H2,1H3,(H2,19,20,21)/b18-15+. The van der Waals surface area contributed by atoms with E-state index in [4.69, 9.17) is 12.2 Å². The lowest BCUT2D eigenvalue weighted by molar-refractivity contribution is 0.412. The Balaban J connectivity index is 1.90. The van der Waals surface area contributed by atoms with Gasteiger partial charge in [0.15, 0.2) is 5.11 Å². The largest absolute Gasteiger partial charge is 0.359 e. The first-order chi connectivity index (χ1) is 10.3. The molecule has 0 atom stereocenters. The van der Waals surface area contributed by atoms with E-state index in [1.54, 1.807) is 0 Å². The van der Waals surface area contributed by atoms with E-state index in [1.165, 1.54) is 77.0 Å². The summed E-state index contributed by atoms with van der Waals surface area (Å²) in [7, 11) is 0. The molecule has 1 aliphatic rings. The number of hydrazone groups is 1. The quantitative estimate of drug-likeness (QED) is 0.260. The first-order valence-electron chi connectivity index (χ1n) is 8.91. The molecule has 1 saturated carbocycles. The van der Waals surface area contributed by atoms with Gasteiger partial charge >= 0.3 is 0 Å². The molecular weight excluding hydrogens is 278 g/mol. The van der Waals surface area contributed by atoms with Crippen molar-refractivity contribution in [3.05, 3.63) is 0 Å². The molecule has 122 valence electrons. The third-order valence-electron chi connectivity index (χ3n) is 4.13. The van der Waals surface area contributed by atoms with Crippen molar-refractivity contribution in [1.29, 1.82) is 0 Å². The van der Waals surface area contributed by atoms with E-state index in [1.807, 2.05) is 6.21 Å². The second-order valence-corrected chi connectivity index (χ2v) is 6.55. The SMILES string of the molecule is CCCCCCCCC/C=N/NC(=S)NC1CCCCC1. The Morgan fingerprint density at radius 3 is 2.43 bits per heavy atom. The Morgan fingerprint density at radius 1 is 1.05 bits per heavy atom. The van der Waals surface area contributed by atoms with Gasteiger partial charge in [-0.3, -0.25) is 5.43 Å². The molecule has 0 bridgehead atoms. The summed E-state index contributed by atoms with van der Waals surface area (Å²) >= 11 is 5.26. The van der Waals surface area contributed by atoms with Gasteiger partial charge in [0.2, 0.25) is 0 Å². The zero-order valence-corrected chi connectivity index (χ0v) is 14.5. The zero-order valence-electron chi connectivity index (χ0n) is 13.7. The molecule has 0 radical (unpaired) electrons.